The van der Waals surface area contributed by atoms with Gasteiger partial charge in [-0.15, -0.1) is 0 Å². The van der Waals surface area contributed by atoms with Gasteiger partial charge >= 0.3 is 0 Å². The third-order valence-electron chi connectivity index (χ3n) is 2.34. The molecule has 86 valence electrons. The summed E-state index contributed by atoms with van der Waals surface area (Å²) in [7, 11) is 0. The van der Waals surface area contributed by atoms with Crippen molar-refractivity contribution in [3.05, 3.63) is 42.2 Å². The zero-order chi connectivity index (χ0) is 12.3. The fourth-order valence-electron chi connectivity index (χ4n) is 1.48. The van der Waals surface area contributed by atoms with Crippen molar-refractivity contribution in [1.29, 1.82) is 0 Å². The molecule has 4 nitrogen and oxygen atoms in total. The fourth-order valence-corrected chi connectivity index (χ4v) is 1.52. The highest BCUT2D eigenvalue weighted by atomic mass is 32.1. The predicted molar refractivity (Wildman–Crippen MR) is 73.9 cm³/mol. The summed E-state index contributed by atoms with van der Waals surface area (Å²) in [5, 5.41) is 6.41. The van der Waals surface area contributed by atoms with E-state index in [0.717, 1.165) is 22.2 Å². The first-order chi connectivity index (χ1) is 8.16. The minimum atomic E-state index is 0.144. The highest BCUT2D eigenvalue weighted by Gasteiger charge is 2.01. The van der Waals surface area contributed by atoms with E-state index in [1.165, 1.54) is 0 Å². The van der Waals surface area contributed by atoms with Crippen molar-refractivity contribution in [3.63, 3.8) is 0 Å². The third kappa shape index (κ3) is 2.76. The Morgan fingerprint density at radius 3 is 2.76 bits per heavy atom. The van der Waals surface area contributed by atoms with Gasteiger partial charge in [0.05, 0.1) is 11.4 Å². The van der Waals surface area contributed by atoms with Gasteiger partial charge in [-0.05, 0) is 30.6 Å². The van der Waals surface area contributed by atoms with Crippen molar-refractivity contribution >= 4 is 33.8 Å². The first kappa shape index (κ1) is 11.5. The molecule has 0 unspecified atom stereocenters. The number of nitrogens with one attached hydrogen (secondary N) is 1. The summed E-state index contributed by atoms with van der Waals surface area (Å²) < 4.78 is 0. The van der Waals surface area contributed by atoms with Crippen molar-refractivity contribution < 1.29 is 0 Å². The molecule has 17 heavy (non-hydrogen) atoms. The molecule has 0 spiro atoms. The van der Waals surface area contributed by atoms with E-state index in [9.17, 15) is 0 Å². The van der Waals surface area contributed by atoms with Crippen molar-refractivity contribution in [1.82, 2.24) is 10.4 Å². The standard InChI is InChI=1S/C12H12N4S/c1-8(15-16-12(13)17)11-6-9-4-2-3-5-10(9)7-14-11/h2-7H,1H3,(H3,13,16,17). The van der Waals surface area contributed by atoms with Crippen molar-refractivity contribution in [2.24, 2.45) is 10.8 Å². The molecule has 0 bridgehead atoms. The second kappa shape index (κ2) is 4.88. The van der Waals surface area contributed by atoms with E-state index in [1.807, 2.05) is 43.5 Å². The number of nitrogens with two attached hydrogens (primary N) is 1. The molecule has 0 radical (unpaired) electrons. The summed E-state index contributed by atoms with van der Waals surface area (Å²) in [5.41, 5.74) is 9.39. The van der Waals surface area contributed by atoms with Gasteiger partial charge in [-0.3, -0.25) is 10.4 Å². The van der Waals surface area contributed by atoms with Gasteiger partial charge in [0.2, 0.25) is 0 Å². The molecule has 1 heterocycles. The minimum Gasteiger partial charge on any atom is -0.375 e. The molecule has 0 amide bonds. The quantitative estimate of drug-likeness (QED) is 0.480. The van der Waals surface area contributed by atoms with E-state index in [4.69, 9.17) is 5.73 Å². The highest BCUT2D eigenvalue weighted by molar-refractivity contribution is 7.80. The van der Waals surface area contributed by atoms with Gasteiger partial charge in [0.15, 0.2) is 5.11 Å². The second-order valence-corrected chi connectivity index (χ2v) is 4.03. The maximum atomic E-state index is 5.30. The molecule has 3 N–H and O–H groups in total. The van der Waals surface area contributed by atoms with Gasteiger partial charge in [-0.1, -0.05) is 24.3 Å². The third-order valence-corrected chi connectivity index (χ3v) is 2.43. The lowest BCUT2D eigenvalue weighted by molar-refractivity contribution is 1.02. The maximum absolute atomic E-state index is 5.30. The first-order valence-electron chi connectivity index (χ1n) is 5.12. The minimum absolute atomic E-state index is 0.144. The molecule has 2 rings (SSSR count). The number of thiocarbonyl (C=S) groups is 1. The van der Waals surface area contributed by atoms with E-state index >= 15 is 0 Å². The average Bonchev–Trinajstić information content (AvgIpc) is 2.35. The lowest BCUT2D eigenvalue weighted by Gasteiger charge is -2.03. The second-order valence-electron chi connectivity index (χ2n) is 3.59. The molecular weight excluding hydrogens is 232 g/mol. The SMILES string of the molecule is CC(=NNC(N)=S)c1cc2ccccc2cn1. The van der Waals surface area contributed by atoms with Crippen LogP contribution in [0.5, 0.6) is 0 Å². The Bertz CT molecular complexity index is 592. The molecule has 1 aromatic carbocycles. The van der Waals surface area contributed by atoms with Crippen LogP contribution in [0.4, 0.5) is 0 Å². The van der Waals surface area contributed by atoms with Crippen molar-refractivity contribution in [2.75, 3.05) is 0 Å². The molecule has 1 aromatic heterocycles. The van der Waals surface area contributed by atoms with Crippen LogP contribution in [0, 0.1) is 0 Å². The Labute approximate surface area is 105 Å². The van der Waals surface area contributed by atoms with Crippen LogP contribution in [-0.4, -0.2) is 15.8 Å². The summed E-state index contributed by atoms with van der Waals surface area (Å²) in [6.45, 7) is 1.85. The largest absolute Gasteiger partial charge is 0.375 e. The van der Waals surface area contributed by atoms with Crippen LogP contribution in [0.25, 0.3) is 10.8 Å². The fraction of sp³-hybridized carbons (Fsp3) is 0.0833. The van der Waals surface area contributed by atoms with Gasteiger partial charge in [0.25, 0.3) is 0 Å². The molecule has 0 saturated heterocycles. The van der Waals surface area contributed by atoms with Gasteiger partial charge in [-0.25, -0.2) is 0 Å². The number of fused-ring (bicyclic) bond motifs is 1. The van der Waals surface area contributed by atoms with E-state index in [2.05, 4.69) is 27.7 Å². The van der Waals surface area contributed by atoms with Gasteiger partial charge in [-0.2, -0.15) is 5.10 Å². The Balaban J connectivity index is 2.36. The van der Waals surface area contributed by atoms with Crippen LogP contribution in [0.2, 0.25) is 0 Å². The summed E-state index contributed by atoms with van der Waals surface area (Å²) in [6.07, 6.45) is 1.82. The average molecular weight is 244 g/mol. The number of hydrazone groups is 1. The molecule has 0 aliphatic carbocycles. The number of hydrogen-bond donors (Lipinski definition) is 2. The van der Waals surface area contributed by atoms with Crippen LogP contribution in [0.1, 0.15) is 12.6 Å². The van der Waals surface area contributed by atoms with Gasteiger partial charge < -0.3 is 5.73 Å². The number of hydrogen-bond acceptors (Lipinski definition) is 3. The lowest BCUT2D eigenvalue weighted by Crippen LogP contribution is -2.25. The van der Waals surface area contributed by atoms with Crippen LogP contribution < -0.4 is 11.2 Å². The molecular formula is C12H12N4S. The smallest absolute Gasteiger partial charge is 0.184 e. The Morgan fingerprint density at radius 1 is 1.35 bits per heavy atom. The van der Waals surface area contributed by atoms with E-state index in [0.29, 0.717) is 0 Å². The molecule has 0 aliphatic rings. The zero-order valence-electron chi connectivity index (χ0n) is 9.34. The normalized spacial score (nSPS) is 11.5. The van der Waals surface area contributed by atoms with E-state index < -0.39 is 0 Å². The van der Waals surface area contributed by atoms with Crippen LogP contribution in [-0.2, 0) is 0 Å². The molecule has 5 heteroatoms. The van der Waals surface area contributed by atoms with Crippen molar-refractivity contribution in [2.45, 2.75) is 6.92 Å². The summed E-state index contributed by atoms with van der Waals surface area (Å²) in [4.78, 5) is 4.33. The van der Waals surface area contributed by atoms with Gasteiger partial charge in [0.1, 0.15) is 0 Å². The Kier molecular flexibility index (Phi) is 3.30. The molecule has 0 atom stereocenters. The van der Waals surface area contributed by atoms with E-state index in [-0.39, 0.29) is 5.11 Å². The summed E-state index contributed by atoms with van der Waals surface area (Å²) >= 11 is 4.68. The lowest BCUT2D eigenvalue weighted by atomic mass is 10.1. The number of benzene rings is 1. The number of pyridine rings is 1. The van der Waals surface area contributed by atoms with Crippen LogP contribution >= 0.6 is 12.2 Å². The van der Waals surface area contributed by atoms with E-state index in [1.54, 1.807) is 0 Å². The number of aromatic nitrogens is 1. The zero-order valence-corrected chi connectivity index (χ0v) is 10.2. The first-order valence-corrected chi connectivity index (χ1v) is 5.52. The summed E-state index contributed by atoms with van der Waals surface area (Å²) in [6, 6.07) is 10.0. The van der Waals surface area contributed by atoms with Crippen LogP contribution in [0.15, 0.2) is 41.6 Å². The van der Waals surface area contributed by atoms with Gasteiger partial charge in [0, 0.05) is 11.6 Å². The molecule has 2 aromatic rings. The number of nitrogens with zero attached hydrogens (tertiary/aromatic N) is 2. The number of rotatable bonds is 2. The maximum Gasteiger partial charge on any atom is 0.184 e. The predicted octanol–water partition coefficient (Wildman–Crippen LogP) is 1.79. The monoisotopic (exact) mass is 244 g/mol. The summed E-state index contributed by atoms with van der Waals surface area (Å²) in [5.74, 6) is 0. The Hall–Kier alpha value is -2.01. The highest BCUT2D eigenvalue weighted by Crippen LogP contribution is 2.13. The molecule has 0 saturated carbocycles. The topological polar surface area (TPSA) is 63.3 Å². The van der Waals surface area contributed by atoms with Crippen molar-refractivity contribution in [3.8, 4) is 0 Å². The van der Waals surface area contributed by atoms with Crippen LogP contribution in [0.3, 0.4) is 0 Å². The Morgan fingerprint density at radius 2 is 2.06 bits per heavy atom. The molecule has 0 fully saturated rings. The molecule has 0 aliphatic heterocycles.